The SMILES string of the molecule is CCc1cc(Nc2ncc(Cl)c(Nc3ccc(C)c(C)c3P(C)(C)=O)n2)c(OC)cc1N1CCN2CCCC[C@@H]2C1. The molecule has 0 spiro atoms. The van der Waals surface area contributed by atoms with Crippen LogP contribution in [0.15, 0.2) is 30.5 Å². The normalized spacial score (nSPS) is 17.7. The van der Waals surface area contributed by atoms with Gasteiger partial charge in [0.25, 0.3) is 0 Å². The first-order valence-corrected chi connectivity index (χ1v) is 17.5. The maximum Gasteiger partial charge on any atom is 0.229 e. The van der Waals surface area contributed by atoms with Gasteiger partial charge in [0.2, 0.25) is 5.95 Å². The highest BCUT2D eigenvalue weighted by atomic mass is 35.5. The molecule has 41 heavy (non-hydrogen) atoms. The first-order valence-electron chi connectivity index (χ1n) is 14.5. The van der Waals surface area contributed by atoms with Crippen molar-refractivity contribution < 1.29 is 9.30 Å². The second-order valence-corrected chi connectivity index (χ2v) is 15.1. The van der Waals surface area contributed by atoms with Crippen molar-refractivity contribution in [1.82, 2.24) is 14.9 Å². The van der Waals surface area contributed by atoms with E-state index in [1.807, 2.05) is 26.0 Å². The third-order valence-corrected chi connectivity index (χ3v) is 10.4. The molecule has 0 aliphatic carbocycles. The van der Waals surface area contributed by atoms with Crippen molar-refractivity contribution in [2.45, 2.75) is 52.5 Å². The van der Waals surface area contributed by atoms with Crippen LogP contribution in [0, 0.1) is 13.8 Å². The molecule has 2 aliphatic rings. The predicted octanol–water partition coefficient (Wildman–Crippen LogP) is 6.73. The molecule has 2 fully saturated rings. The second-order valence-electron chi connectivity index (χ2n) is 11.6. The number of halogens is 1. The van der Waals surface area contributed by atoms with E-state index in [0.717, 1.165) is 59.6 Å². The summed E-state index contributed by atoms with van der Waals surface area (Å²) in [4.78, 5) is 14.3. The molecular formula is C31H42ClN6O2P. The zero-order valence-corrected chi connectivity index (χ0v) is 26.7. The molecule has 0 unspecified atom stereocenters. The molecule has 3 aromatic rings. The van der Waals surface area contributed by atoms with E-state index in [0.29, 0.717) is 22.8 Å². The summed E-state index contributed by atoms with van der Waals surface area (Å²) in [7, 11) is -0.877. The molecule has 1 atom stereocenters. The van der Waals surface area contributed by atoms with E-state index in [1.165, 1.54) is 37.1 Å². The van der Waals surface area contributed by atoms with Crippen LogP contribution in [0.2, 0.25) is 5.02 Å². The second kappa shape index (κ2) is 12.2. The van der Waals surface area contributed by atoms with E-state index in [2.05, 4.69) is 44.5 Å². The topological polar surface area (TPSA) is 82.6 Å². The Balaban J connectivity index is 1.43. The number of piperidine rings is 1. The van der Waals surface area contributed by atoms with Crippen LogP contribution in [0.3, 0.4) is 0 Å². The molecule has 0 bridgehead atoms. The number of anilines is 5. The summed E-state index contributed by atoms with van der Waals surface area (Å²) in [5, 5.41) is 7.88. The largest absolute Gasteiger partial charge is 0.494 e. The van der Waals surface area contributed by atoms with E-state index in [-0.39, 0.29) is 0 Å². The number of piperazine rings is 1. The molecule has 0 radical (unpaired) electrons. The fraction of sp³-hybridized carbons (Fsp3) is 0.484. The lowest BCUT2D eigenvalue weighted by molar-refractivity contribution is 0.133. The average molecular weight is 597 g/mol. The van der Waals surface area contributed by atoms with Crippen molar-refractivity contribution in [1.29, 1.82) is 0 Å². The predicted molar refractivity (Wildman–Crippen MR) is 172 cm³/mol. The summed E-state index contributed by atoms with van der Waals surface area (Å²) >= 11 is 6.53. The minimum Gasteiger partial charge on any atom is -0.494 e. The summed E-state index contributed by atoms with van der Waals surface area (Å²) < 4.78 is 19.1. The summed E-state index contributed by atoms with van der Waals surface area (Å²) in [6.45, 7) is 14.2. The van der Waals surface area contributed by atoms with Crippen LogP contribution in [0.5, 0.6) is 5.75 Å². The third kappa shape index (κ3) is 6.35. The van der Waals surface area contributed by atoms with Crippen LogP contribution in [0.1, 0.15) is 42.9 Å². The molecule has 2 aromatic carbocycles. The lowest BCUT2D eigenvalue weighted by Crippen LogP contribution is -2.55. The Morgan fingerprint density at radius 2 is 1.90 bits per heavy atom. The Morgan fingerprint density at radius 1 is 1.10 bits per heavy atom. The fourth-order valence-corrected chi connectivity index (χ4v) is 8.02. The molecule has 10 heteroatoms. The van der Waals surface area contributed by atoms with Crippen LogP contribution in [-0.2, 0) is 11.0 Å². The van der Waals surface area contributed by atoms with Gasteiger partial charge in [-0.2, -0.15) is 4.98 Å². The number of hydrogen-bond acceptors (Lipinski definition) is 8. The number of benzene rings is 2. The molecule has 3 heterocycles. The molecule has 0 amide bonds. The minimum atomic E-state index is -2.57. The highest BCUT2D eigenvalue weighted by Crippen LogP contribution is 2.41. The van der Waals surface area contributed by atoms with Crippen LogP contribution in [-0.4, -0.2) is 67.5 Å². The van der Waals surface area contributed by atoms with Gasteiger partial charge in [0, 0.05) is 42.7 Å². The Morgan fingerprint density at radius 3 is 2.63 bits per heavy atom. The van der Waals surface area contributed by atoms with E-state index in [9.17, 15) is 4.57 Å². The van der Waals surface area contributed by atoms with Gasteiger partial charge >= 0.3 is 0 Å². The molecular weight excluding hydrogens is 555 g/mol. The maximum absolute atomic E-state index is 13.2. The minimum absolute atomic E-state index is 0.375. The van der Waals surface area contributed by atoms with Crippen molar-refractivity contribution >= 4 is 52.9 Å². The number of methoxy groups -OCH3 is 1. The molecule has 2 aliphatic heterocycles. The summed E-state index contributed by atoms with van der Waals surface area (Å²) in [6, 6.07) is 8.88. The van der Waals surface area contributed by atoms with Gasteiger partial charge in [0.1, 0.15) is 17.9 Å². The van der Waals surface area contributed by atoms with E-state index < -0.39 is 7.14 Å². The first kappa shape index (κ1) is 29.7. The standard InChI is InChI=1S/C31H42ClN6O2P/c1-7-22-16-26(28(40-4)17-27(22)38-15-14-37-13-9-8-10-23(37)19-38)35-31-33-18-24(32)30(36-31)34-25-12-11-20(2)21(3)29(25)41(5,6)39/h11-12,16-18,23H,7-10,13-15,19H2,1-6H3,(H2,33,34,35,36)/t23-/m1/s1. The molecule has 5 rings (SSSR count). The van der Waals surface area contributed by atoms with Gasteiger partial charge in [0.05, 0.1) is 24.7 Å². The number of rotatable bonds is 8. The third-order valence-electron chi connectivity index (χ3n) is 8.44. The van der Waals surface area contributed by atoms with Gasteiger partial charge < -0.3 is 24.8 Å². The zero-order valence-electron chi connectivity index (χ0n) is 25.1. The number of aryl methyl sites for hydroxylation is 2. The highest BCUT2D eigenvalue weighted by Gasteiger charge is 2.30. The van der Waals surface area contributed by atoms with Gasteiger partial charge in [0.15, 0.2) is 5.82 Å². The highest BCUT2D eigenvalue weighted by molar-refractivity contribution is 7.70. The van der Waals surface area contributed by atoms with E-state index in [4.69, 9.17) is 21.3 Å². The summed E-state index contributed by atoms with van der Waals surface area (Å²) in [5.74, 6) is 1.58. The van der Waals surface area contributed by atoms with Gasteiger partial charge in [-0.05, 0) is 81.8 Å². The quantitative estimate of drug-likeness (QED) is 0.277. The fourth-order valence-electron chi connectivity index (χ4n) is 6.19. The molecule has 8 nitrogen and oxygen atoms in total. The number of aromatic nitrogens is 2. The van der Waals surface area contributed by atoms with Gasteiger partial charge in [-0.1, -0.05) is 31.0 Å². The van der Waals surface area contributed by atoms with Crippen molar-refractivity contribution in [3.8, 4) is 5.75 Å². The molecule has 220 valence electrons. The van der Waals surface area contributed by atoms with Gasteiger partial charge in [-0.25, -0.2) is 4.98 Å². The monoisotopic (exact) mass is 596 g/mol. The average Bonchev–Trinajstić information content (AvgIpc) is 2.95. The van der Waals surface area contributed by atoms with Crippen LogP contribution >= 0.6 is 18.7 Å². The van der Waals surface area contributed by atoms with Crippen molar-refractivity contribution in [2.24, 2.45) is 0 Å². The lowest BCUT2D eigenvalue weighted by atomic mass is 9.98. The maximum atomic E-state index is 13.2. The smallest absolute Gasteiger partial charge is 0.229 e. The molecule has 1 aromatic heterocycles. The Hall–Kier alpha value is -2.80. The van der Waals surface area contributed by atoms with Crippen molar-refractivity contribution in [3.05, 3.63) is 52.2 Å². The number of nitrogens with one attached hydrogen (secondary N) is 2. The molecule has 2 N–H and O–H groups in total. The molecule has 0 saturated carbocycles. The summed E-state index contributed by atoms with van der Waals surface area (Å²) in [6.07, 6.45) is 6.38. The van der Waals surface area contributed by atoms with Crippen LogP contribution < -0.4 is 25.6 Å². The van der Waals surface area contributed by atoms with E-state index in [1.54, 1.807) is 26.6 Å². The first-order chi connectivity index (χ1) is 19.6. The van der Waals surface area contributed by atoms with Gasteiger partial charge in [-0.3, -0.25) is 4.90 Å². The van der Waals surface area contributed by atoms with Crippen molar-refractivity contribution in [3.63, 3.8) is 0 Å². The Bertz CT molecular complexity index is 1480. The number of nitrogens with zero attached hydrogens (tertiary/aromatic N) is 4. The summed E-state index contributed by atoms with van der Waals surface area (Å²) in [5.41, 5.74) is 6.14. The van der Waals surface area contributed by atoms with Crippen LogP contribution in [0.25, 0.3) is 0 Å². The lowest BCUT2D eigenvalue weighted by Gasteiger charge is -2.45. The zero-order chi connectivity index (χ0) is 29.3. The molecule has 2 saturated heterocycles. The number of hydrogen-bond donors (Lipinski definition) is 2. The Labute approximate surface area is 249 Å². The Kier molecular flexibility index (Phi) is 8.84. The number of ether oxygens (including phenoxy) is 1. The number of fused-ring (bicyclic) bond motifs is 1. The van der Waals surface area contributed by atoms with Gasteiger partial charge in [-0.15, -0.1) is 0 Å². The van der Waals surface area contributed by atoms with Crippen LogP contribution in [0.4, 0.5) is 28.8 Å². The van der Waals surface area contributed by atoms with E-state index >= 15 is 0 Å². The van der Waals surface area contributed by atoms with Crippen molar-refractivity contribution in [2.75, 3.05) is 62.2 Å².